The van der Waals surface area contributed by atoms with Crippen molar-refractivity contribution in [3.05, 3.63) is 115 Å². The Hall–Kier alpha value is -4.52. The third-order valence-electron chi connectivity index (χ3n) is 5.97. The summed E-state index contributed by atoms with van der Waals surface area (Å²) < 4.78 is 75.4. The van der Waals surface area contributed by atoms with Gasteiger partial charge in [-0.3, -0.25) is 19.6 Å². The number of rotatable bonds is 8. The highest BCUT2D eigenvalue weighted by Gasteiger charge is 2.27. The molecule has 4 rings (SSSR count). The Morgan fingerprint density at radius 1 is 1.00 bits per heavy atom. The van der Waals surface area contributed by atoms with Gasteiger partial charge in [0.05, 0.1) is 39.1 Å². The number of anilines is 1. The molecule has 0 aliphatic rings. The second-order valence-electron chi connectivity index (χ2n) is 8.56. The Bertz CT molecular complexity index is 1610. The number of benzene rings is 3. The number of non-ortho nitro benzene ring substituents is 1. The molecule has 0 unspecified atom stereocenters. The lowest BCUT2D eigenvalue weighted by Gasteiger charge is -2.11. The Morgan fingerprint density at radius 2 is 1.60 bits per heavy atom. The van der Waals surface area contributed by atoms with E-state index >= 15 is 0 Å². The third kappa shape index (κ3) is 5.59. The normalized spacial score (nSPS) is 11.0. The highest BCUT2D eigenvalue weighted by molar-refractivity contribution is 6.32. The Labute approximate surface area is 228 Å². The first-order chi connectivity index (χ1) is 18.9. The van der Waals surface area contributed by atoms with E-state index in [4.69, 9.17) is 16.3 Å². The molecule has 1 amide bonds. The molecule has 0 radical (unpaired) electrons. The number of ether oxygens (including phenoxy) is 1. The van der Waals surface area contributed by atoms with Crippen molar-refractivity contribution in [1.29, 1.82) is 0 Å². The Morgan fingerprint density at radius 3 is 2.17 bits per heavy atom. The molecule has 0 aliphatic carbocycles. The van der Waals surface area contributed by atoms with E-state index in [9.17, 15) is 36.9 Å². The van der Waals surface area contributed by atoms with E-state index < -0.39 is 52.0 Å². The molecule has 3 aromatic carbocycles. The van der Waals surface area contributed by atoms with Crippen molar-refractivity contribution in [3.63, 3.8) is 0 Å². The van der Waals surface area contributed by atoms with Crippen molar-refractivity contribution in [2.24, 2.45) is 0 Å². The molecule has 40 heavy (non-hydrogen) atoms. The van der Waals surface area contributed by atoms with Crippen molar-refractivity contribution in [1.82, 2.24) is 9.78 Å². The van der Waals surface area contributed by atoms with Crippen molar-refractivity contribution in [2.75, 3.05) is 5.32 Å². The number of carbonyl (C=O) groups is 1. The lowest BCUT2D eigenvalue weighted by Crippen LogP contribution is -2.14. The van der Waals surface area contributed by atoms with E-state index in [0.29, 0.717) is 5.56 Å². The summed E-state index contributed by atoms with van der Waals surface area (Å²) in [5, 5.41) is 17.6. The quantitative estimate of drug-likeness (QED) is 0.0828. The Balaban J connectivity index is 1.45. The predicted octanol–water partition coefficient (Wildman–Crippen LogP) is 6.64. The van der Waals surface area contributed by atoms with Gasteiger partial charge in [-0.25, -0.2) is 22.0 Å². The van der Waals surface area contributed by atoms with Crippen molar-refractivity contribution in [3.8, 4) is 5.75 Å². The molecule has 1 aromatic heterocycles. The van der Waals surface area contributed by atoms with Crippen LogP contribution in [-0.2, 0) is 13.2 Å². The third-order valence-corrected chi connectivity index (χ3v) is 6.26. The number of hydrogen-bond acceptors (Lipinski definition) is 5. The van der Waals surface area contributed by atoms with Crippen LogP contribution in [-0.4, -0.2) is 20.6 Å². The van der Waals surface area contributed by atoms with Gasteiger partial charge in [0.15, 0.2) is 23.3 Å². The standard InChI is InChI=1S/C26H18ClF5N4O4/c1-12-25(13(2)35(34-12)10-17-20(28)22(30)24(32)23(31)21(17)29)33-26(37)15-5-3-14(4-6-15)11-40-19-8-7-16(36(38)39)9-18(19)27/h3-9H,10-11H2,1-2H3,(H,33,37). The molecule has 0 fully saturated rings. The van der Waals surface area contributed by atoms with Crippen LogP contribution in [0.1, 0.15) is 32.9 Å². The van der Waals surface area contributed by atoms with Crippen molar-refractivity contribution in [2.45, 2.75) is 27.0 Å². The van der Waals surface area contributed by atoms with Gasteiger partial charge in [0, 0.05) is 17.7 Å². The van der Waals surface area contributed by atoms with Crippen LogP contribution < -0.4 is 10.1 Å². The molecular weight excluding hydrogens is 563 g/mol. The second-order valence-corrected chi connectivity index (χ2v) is 8.97. The number of nitro benzene ring substituents is 1. The first-order valence-electron chi connectivity index (χ1n) is 11.4. The summed E-state index contributed by atoms with van der Waals surface area (Å²) in [6, 6.07) is 10.0. The number of nitrogens with one attached hydrogen (secondary N) is 1. The minimum Gasteiger partial charge on any atom is -0.487 e. The van der Waals surface area contributed by atoms with Crippen LogP contribution in [0.25, 0.3) is 0 Å². The zero-order chi connectivity index (χ0) is 29.3. The maximum absolute atomic E-state index is 14.1. The minimum atomic E-state index is -2.26. The maximum Gasteiger partial charge on any atom is 0.271 e. The number of amides is 1. The molecule has 0 atom stereocenters. The van der Waals surface area contributed by atoms with Gasteiger partial charge in [-0.15, -0.1) is 0 Å². The smallest absolute Gasteiger partial charge is 0.271 e. The minimum absolute atomic E-state index is 0.0576. The molecule has 8 nitrogen and oxygen atoms in total. The molecule has 0 saturated heterocycles. The molecule has 0 bridgehead atoms. The van der Waals surface area contributed by atoms with E-state index in [-0.39, 0.29) is 45.7 Å². The van der Waals surface area contributed by atoms with E-state index in [2.05, 4.69) is 10.4 Å². The van der Waals surface area contributed by atoms with Crippen LogP contribution in [0, 0.1) is 53.0 Å². The average Bonchev–Trinajstić information content (AvgIpc) is 3.19. The molecule has 1 N–H and O–H groups in total. The molecule has 14 heteroatoms. The summed E-state index contributed by atoms with van der Waals surface area (Å²) in [6.45, 7) is 2.26. The number of nitro groups is 1. The number of nitrogens with zero attached hydrogens (tertiary/aromatic N) is 3. The van der Waals surface area contributed by atoms with Crippen LogP contribution in [0.2, 0.25) is 5.02 Å². The van der Waals surface area contributed by atoms with E-state index in [0.717, 1.165) is 4.68 Å². The first-order valence-corrected chi connectivity index (χ1v) is 11.8. The summed E-state index contributed by atoms with van der Waals surface area (Å²) in [5.74, 6) is -10.6. The topological polar surface area (TPSA) is 99.3 Å². The van der Waals surface area contributed by atoms with Gasteiger partial charge in [-0.1, -0.05) is 23.7 Å². The van der Waals surface area contributed by atoms with Gasteiger partial charge in [0.25, 0.3) is 11.6 Å². The predicted molar refractivity (Wildman–Crippen MR) is 134 cm³/mol. The SMILES string of the molecule is Cc1nn(Cc2c(F)c(F)c(F)c(F)c2F)c(C)c1NC(=O)c1ccc(COc2ccc([N+](=O)[O-])cc2Cl)cc1. The van der Waals surface area contributed by atoms with Crippen LogP contribution in [0.5, 0.6) is 5.75 Å². The van der Waals surface area contributed by atoms with Gasteiger partial charge < -0.3 is 10.1 Å². The average molecular weight is 581 g/mol. The summed E-state index contributed by atoms with van der Waals surface area (Å²) in [5.41, 5.74) is 0.333. The largest absolute Gasteiger partial charge is 0.487 e. The van der Waals surface area contributed by atoms with Crippen LogP contribution in [0.15, 0.2) is 42.5 Å². The van der Waals surface area contributed by atoms with Gasteiger partial charge >= 0.3 is 0 Å². The zero-order valence-corrected chi connectivity index (χ0v) is 21.5. The Kier molecular flexibility index (Phi) is 8.05. The molecular formula is C26H18ClF5N4O4. The van der Waals surface area contributed by atoms with Crippen molar-refractivity contribution < 1.29 is 36.4 Å². The fraction of sp³-hybridized carbons (Fsp3) is 0.154. The number of carbonyl (C=O) groups excluding carboxylic acids is 1. The monoisotopic (exact) mass is 580 g/mol. The molecule has 4 aromatic rings. The van der Waals surface area contributed by atoms with Gasteiger partial charge in [-0.2, -0.15) is 5.10 Å². The number of aryl methyl sites for hydroxylation is 1. The van der Waals surface area contributed by atoms with Gasteiger partial charge in [-0.05, 0) is 37.6 Å². The molecule has 1 heterocycles. The molecule has 0 saturated carbocycles. The van der Waals surface area contributed by atoms with Crippen LogP contribution in [0.4, 0.5) is 33.3 Å². The lowest BCUT2D eigenvalue weighted by molar-refractivity contribution is -0.384. The van der Waals surface area contributed by atoms with E-state index in [1.165, 1.54) is 44.2 Å². The zero-order valence-electron chi connectivity index (χ0n) is 20.7. The fourth-order valence-corrected chi connectivity index (χ4v) is 4.02. The highest BCUT2D eigenvalue weighted by Crippen LogP contribution is 2.30. The highest BCUT2D eigenvalue weighted by atomic mass is 35.5. The summed E-state index contributed by atoms with van der Waals surface area (Å²) in [6.07, 6.45) is 0. The second kappa shape index (κ2) is 11.3. The number of aromatic nitrogens is 2. The summed E-state index contributed by atoms with van der Waals surface area (Å²) >= 11 is 6.02. The first kappa shape index (κ1) is 28.5. The molecule has 0 spiro atoms. The van der Waals surface area contributed by atoms with Crippen LogP contribution >= 0.6 is 11.6 Å². The van der Waals surface area contributed by atoms with E-state index in [1.807, 2.05) is 0 Å². The summed E-state index contributed by atoms with van der Waals surface area (Å²) in [7, 11) is 0. The summed E-state index contributed by atoms with van der Waals surface area (Å²) in [4.78, 5) is 23.1. The number of halogens is 6. The molecule has 0 aliphatic heterocycles. The molecule has 208 valence electrons. The lowest BCUT2D eigenvalue weighted by atomic mass is 10.1. The van der Waals surface area contributed by atoms with Crippen LogP contribution in [0.3, 0.4) is 0 Å². The fourth-order valence-electron chi connectivity index (χ4n) is 3.79. The number of hydrogen-bond donors (Lipinski definition) is 1. The van der Waals surface area contributed by atoms with E-state index in [1.54, 1.807) is 12.1 Å². The van der Waals surface area contributed by atoms with Gasteiger partial charge in [0.1, 0.15) is 12.4 Å². The maximum atomic E-state index is 14.1. The van der Waals surface area contributed by atoms with Crippen molar-refractivity contribution >= 4 is 28.9 Å². The van der Waals surface area contributed by atoms with Gasteiger partial charge in [0.2, 0.25) is 5.82 Å².